The van der Waals surface area contributed by atoms with E-state index in [-0.39, 0.29) is 0 Å². The molecule has 0 spiro atoms. The van der Waals surface area contributed by atoms with Crippen molar-refractivity contribution >= 4 is 0 Å². The van der Waals surface area contributed by atoms with Crippen LogP contribution in [-0.2, 0) is 12.8 Å². The van der Waals surface area contributed by atoms with E-state index >= 15 is 0 Å². The quantitative estimate of drug-likeness (QED) is 0.0646. The molecule has 0 radical (unpaired) electrons. The summed E-state index contributed by atoms with van der Waals surface area (Å²) in [7, 11) is 0. The van der Waals surface area contributed by atoms with Crippen LogP contribution in [0.3, 0.4) is 0 Å². The van der Waals surface area contributed by atoms with Crippen molar-refractivity contribution in [1.29, 1.82) is 0 Å². The normalized spacial score (nSPS) is 11.7. The van der Waals surface area contributed by atoms with E-state index in [0.717, 1.165) is 12.8 Å². The van der Waals surface area contributed by atoms with Crippen LogP contribution < -0.4 is 0 Å². The van der Waals surface area contributed by atoms with Crippen molar-refractivity contribution in [2.24, 2.45) is 0 Å². The SMILES string of the molecule is CCCCCCCCCCCCCCCCCCCCCCCCCCCCCCc1cccc(CCCCCCCCCCCCCCCCCCCCCCCCCCCCCC)c1O. The van der Waals surface area contributed by atoms with Crippen LogP contribution in [-0.4, -0.2) is 5.11 Å². The second kappa shape index (κ2) is 55.9. The highest BCUT2D eigenvalue weighted by molar-refractivity contribution is 5.40. The van der Waals surface area contributed by atoms with Crippen molar-refractivity contribution in [2.45, 2.75) is 386 Å². The lowest BCUT2D eigenvalue weighted by Crippen LogP contribution is -1.93. The van der Waals surface area contributed by atoms with Crippen LogP contribution in [0.2, 0.25) is 0 Å². The van der Waals surface area contributed by atoms with Gasteiger partial charge < -0.3 is 5.11 Å². The highest BCUT2D eigenvalue weighted by Gasteiger charge is 2.07. The third-order valence-electron chi connectivity index (χ3n) is 15.8. The zero-order chi connectivity index (χ0) is 47.9. The Morgan fingerprint density at radius 3 is 0.493 bits per heavy atom. The van der Waals surface area contributed by atoms with Gasteiger partial charge in [0.05, 0.1) is 0 Å². The summed E-state index contributed by atoms with van der Waals surface area (Å²) in [6.07, 6.45) is 82.9. The van der Waals surface area contributed by atoms with Gasteiger partial charge in [0.2, 0.25) is 0 Å². The summed E-state index contributed by atoms with van der Waals surface area (Å²) in [4.78, 5) is 0. The molecular formula is C66H126O. The fourth-order valence-corrected chi connectivity index (χ4v) is 11.0. The van der Waals surface area contributed by atoms with Crippen molar-refractivity contribution in [1.82, 2.24) is 0 Å². The van der Waals surface area contributed by atoms with Gasteiger partial charge in [0, 0.05) is 0 Å². The Balaban J connectivity index is 1.78. The van der Waals surface area contributed by atoms with E-state index < -0.39 is 0 Å². The fourth-order valence-electron chi connectivity index (χ4n) is 11.0. The molecule has 1 aromatic carbocycles. The van der Waals surface area contributed by atoms with Crippen LogP contribution in [0.4, 0.5) is 0 Å². The number of phenolic OH excluding ortho intramolecular Hbond substituents is 1. The third kappa shape index (κ3) is 48.4. The Labute approximate surface area is 424 Å². The Hall–Kier alpha value is -0.980. The first-order chi connectivity index (χ1) is 33.3. The molecule has 0 aromatic heterocycles. The minimum atomic E-state index is 0.609. The maximum atomic E-state index is 11.0. The molecule has 1 rings (SSSR count). The summed E-state index contributed by atoms with van der Waals surface area (Å²) >= 11 is 0. The van der Waals surface area contributed by atoms with Gasteiger partial charge in [-0.05, 0) is 36.8 Å². The minimum Gasteiger partial charge on any atom is -0.507 e. The lowest BCUT2D eigenvalue weighted by atomic mass is 9.98. The van der Waals surface area contributed by atoms with Crippen molar-refractivity contribution in [3.63, 3.8) is 0 Å². The Kier molecular flexibility index (Phi) is 53.5. The second-order valence-electron chi connectivity index (χ2n) is 22.5. The van der Waals surface area contributed by atoms with Gasteiger partial charge in [-0.2, -0.15) is 0 Å². The van der Waals surface area contributed by atoms with Crippen LogP contribution in [0.1, 0.15) is 385 Å². The second-order valence-corrected chi connectivity index (χ2v) is 22.5. The van der Waals surface area contributed by atoms with Gasteiger partial charge >= 0.3 is 0 Å². The summed E-state index contributed by atoms with van der Waals surface area (Å²) in [5.74, 6) is 0.609. The van der Waals surface area contributed by atoms with Crippen LogP contribution in [0.15, 0.2) is 18.2 Å². The van der Waals surface area contributed by atoms with Gasteiger partial charge in [0.25, 0.3) is 0 Å². The molecule has 0 atom stereocenters. The maximum absolute atomic E-state index is 11.0. The molecule has 396 valence electrons. The number of aryl methyl sites for hydroxylation is 2. The molecule has 67 heavy (non-hydrogen) atoms. The van der Waals surface area contributed by atoms with Crippen LogP contribution in [0.25, 0.3) is 0 Å². The monoisotopic (exact) mass is 935 g/mol. The molecule has 1 nitrogen and oxygen atoms in total. The predicted molar refractivity (Wildman–Crippen MR) is 305 cm³/mol. The van der Waals surface area contributed by atoms with Gasteiger partial charge in [0.15, 0.2) is 0 Å². The van der Waals surface area contributed by atoms with Crippen LogP contribution >= 0.6 is 0 Å². The number of para-hydroxylation sites is 1. The smallest absolute Gasteiger partial charge is 0.121 e. The number of hydrogen-bond acceptors (Lipinski definition) is 1. The number of phenols is 1. The molecule has 0 aliphatic heterocycles. The highest BCUT2D eigenvalue weighted by atomic mass is 16.3. The highest BCUT2D eigenvalue weighted by Crippen LogP contribution is 2.27. The summed E-state index contributed by atoms with van der Waals surface area (Å²) in [6.45, 7) is 4.62. The molecule has 0 aliphatic rings. The minimum absolute atomic E-state index is 0.609. The number of aromatic hydroxyl groups is 1. The summed E-state index contributed by atoms with van der Waals surface area (Å²) in [6, 6.07) is 6.53. The van der Waals surface area contributed by atoms with Gasteiger partial charge in [-0.15, -0.1) is 0 Å². The van der Waals surface area contributed by atoms with E-state index in [1.54, 1.807) is 0 Å². The number of unbranched alkanes of at least 4 members (excludes halogenated alkanes) is 54. The van der Waals surface area contributed by atoms with Gasteiger partial charge in [-0.1, -0.05) is 379 Å². The van der Waals surface area contributed by atoms with E-state index in [1.807, 2.05) is 0 Å². The average molecular weight is 936 g/mol. The average Bonchev–Trinajstić information content (AvgIpc) is 3.34. The Morgan fingerprint density at radius 2 is 0.343 bits per heavy atom. The molecule has 1 aromatic rings. The molecule has 0 bridgehead atoms. The standard InChI is InChI=1S/C66H126O/c1-3-5-7-9-11-13-15-17-19-21-23-25-27-29-31-33-35-37-39-41-43-45-47-49-51-53-55-57-60-64-62-59-63-65(66(64)67)61-58-56-54-52-50-48-46-44-42-40-38-36-34-32-30-28-26-24-22-20-18-16-14-12-10-8-6-4-2/h59,62-63,67H,3-58,60-61H2,1-2H3. The molecule has 1 heteroatoms. The van der Waals surface area contributed by atoms with Crippen molar-refractivity contribution in [3.8, 4) is 5.75 Å². The number of benzene rings is 1. The molecule has 0 fully saturated rings. The number of hydrogen-bond donors (Lipinski definition) is 1. The Morgan fingerprint density at radius 1 is 0.209 bits per heavy atom. The van der Waals surface area contributed by atoms with E-state index in [0.29, 0.717) is 5.75 Å². The predicted octanol–water partition coefficient (Wildman–Crippen LogP) is 24.4. The van der Waals surface area contributed by atoms with Crippen molar-refractivity contribution < 1.29 is 5.11 Å². The van der Waals surface area contributed by atoms with Gasteiger partial charge in [-0.25, -0.2) is 0 Å². The van der Waals surface area contributed by atoms with Gasteiger partial charge in [0.1, 0.15) is 5.75 Å². The first-order valence-corrected chi connectivity index (χ1v) is 32.1. The number of rotatable bonds is 58. The lowest BCUT2D eigenvalue weighted by molar-refractivity contribution is 0.456. The van der Waals surface area contributed by atoms with E-state index in [9.17, 15) is 5.11 Å². The molecule has 0 amide bonds. The van der Waals surface area contributed by atoms with Crippen molar-refractivity contribution in [2.75, 3.05) is 0 Å². The zero-order valence-corrected chi connectivity index (χ0v) is 46.7. The molecule has 0 saturated heterocycles. The fraction of sp³-hybridized carbons (Fsp3) is 0.909. The molecule has 0 unspecified atom stereocenters. The van der Waals surface area contributed by atoms with Crippen molar-refractivity contribution in [3.05, 3.63) is 29.3 Å². The topological polar surface area (TPSA) is 20.2 Å². The molecule has 1 N–H and O–H groups in total. The van der Waals surface area contributed by atoms with Crippen LogP contribution in [0, 0.1) is 0 Å². The largest absolute Gasteiger partial charge is 0.507 e. The first kappa shape index (κ1) is 64.0. The molecule has 0 aliphatic carbocycles. The summed E-state index contributed by atoms with van der Waals surface area (Å²) in [5, 5.41) is 11.0. The molecular weight excluding hydrogens is 809 g/mol. The zero-order valence-electron chi connectivity index (χ0n) is 46.7. The first-order valence-electron chi connectivity index (χ1n) is 32.1. The van der Waals surface area contributed by atoms with Crippen LogP contribution in [0.5, 0.6) is 5.75 Å². The molecule has 0 heterocycles. The summed E-state index contributed by atoms with van der Waals surface area (Å²) < 4.78 is 0. The van der Waals surface area contributed by atoms with E-state index in [2.05, 4.69) is 32.0 Å². The van der Waals surface area contributed by atoms with Gasteiger partial charge in [-0.3, -0.25) is 0 Å². The van der Waals surface area contributed by atoms with E-state index in [4.69, 9.17) is 0 Å². The maximum Gasteiger partial charge on any atom is 0.121 e. The summed E-state index contributed by atoms with van der Waals surface area (Å²) in [5.41, 5.74) is 2.38. The molecule has 0 saturated carbocycles. The Bertz CT molecular complexity index is 966. The van der Waals surface area contributed by atoms with E-state index in [1.165, 1.54) is 371 Å². The third-order valence-corrected chi connectivity index (χ3v) is 15.8. The lowest BCUT2D eigenvalue weighted by Gasteiger charge is -2.10.